The van der Waals surface area contributed by atoms with Crippen LogP contribution in [0.2, 0.25) is 0 Å². The number of carbonyl (C=O) groups excluding carboxylic acids is 1. The number of amides is 1. The normalized spacial score (nSPS) is 21.0. The molecule has 358 valence electrons. The Morgan fingerprint density at radius 2 is 0.800 bits per heavy atom. The van der Waals surface area contributed by atoms with E-state index in [0.29, 0.717) is 12.8 Å². The topological polar surface area (TPSA) is 160 Å². The molecule has 9 heteroatoms. The SMILES string of the molecule is CCCCCCCCCCCCCCCCCCCCCCCCCC(=O)N[C@H](CC[C@H]1O[C@H](CO)[C@H](O)[C@H](O)[C@H]1O)[C@H](O)[C@@H](O)CCCCCCCCCCCCCC. The molecule has 0 aromatic carbocycles. The monoisotopic (exact) mass is 856 g/mol. The van der Waals surface area contributed by atoms with Crippen LogP contribution in [0.25, 0.3) is 0 Å². The van der Waals surface area contributed by atoms with Gasteiger partial charge < -0.3 is 40.7 Å². The van der Waals surface area contributed by atoms with Gasteiger partial charge in [-0.1, -0.05) is 232 Å². The van der Waals surface area contributed by atoms with Crippen LogP contribution in [0, 0.1) is 0 Å². The second-order valence-corrected chi connectivity index (χ2v) is 18.9. The maximum atomic E-state index is 13.1. The van der Waals surface area contributed by atoms with Crippen LogP contribution in [-0.2, 0) is 9.53 Å². The second kappa shape index (κ2) is 40.9. The van der Waals surface area contributed by atoms with E-state index in [1.165, 1.54) is 186 Å². The number of aliphatic hydroxyl groups excluding tert-OH is 6. The van der Waals surface area contributed by atoms with E-state index in [1.807, 2.05) is 0 Å². The maximum absolute atomic E-state index is 13.1. The van der Waals surface area contributed by atoms with Crippen LogP contribution in [-0.4, -0.2) is 91.9 Å². The fourth-order valence-electron chi connectivity index (χ4n) is 9.07. The molecule has 1 amide bonds. The molecule has 0 saturated carbocycles. The first-order valence-corrected chi connectivity index (χ1v) is 26.2. The summed E-state index contributed by atoms with van der Waals surface area (Å²) < 4.78 is 5.69. The molecule has 0 aromatic rings. The van der Waals surface area contributed by atoms with Gasteiger partial charge in [0.25, 0.3) is 0 Å². The molecule has 1 aliphatic rings. The lowest BCUT2D eigenvalue weighted by Gasteiger charge is -2.40. The van der Waals surface area contributed by atoms with Crippen LogP contribution >= 0.6 is 0 Å². The average molecular weight is 856 g/mol. The van der Waals surface area contributed by atoms with Crippen molar-refractivity contribution in [3.05, 3.63) is 0 Å². The lowest BCUT2D eigenvalue weighted by atomic mass is 9.90. The minimum absolute atomic E-state index is 0.161. The van der Waals surface area contributed by atoms with Crippen molar-refractivity contribution in [2.24, 2.45) is 0 Å². The van der Waals surface area contributed by atoms with Gasteiger partial charge in [-0.25, -0.2) is 0 Å². The van der Waals surface area contributed by atoms with Crippen molar-refractivity contribution in [3.63, 3.8) is 0 Å². The predicted octanol–water partition coefficient (Wildman–Crippen LogP) is 11.3. The van der Waals surface area contributed by atoms with E-state index in [9.17, 15) is 35.4 Å². The molecule has 1 saturated heterocycles. The van der Waals surface area contributed by atoms with Crippen LogP contribution in [0.4, 0.5) is 0 Å². The molecule has 0 aromatic heterocycles. The number of carbonyl (C=O) groups is 1. The molecule has 0 spiro atoms. The first-order chi connectivity index (χ1) is 29.3. The Balaban J connectivity index is 2.26. The number of rotatable bonds is 44. The van der Waals surface area contributed by atoms with Gasteiger partial charge in [-0.15, -0.1) is 0 Å². The molecular weight excluding hydrogens is 755 g/mol. The van der Waals surface area contributed by atoms with Crippen molar-refractivity contribution < 1.29 is 40.2 Å². The summed E-state index contributed by atoms with van der Waals surface area (Å²) in [6.45, 7) is 4.02. The summed E-state index contributed by atoms with van der Waals surface area (Å²) in [7, 11) is 0. The molecule has 1 rings (SSSR count). The zero-order valence-corrected chi connectivity index (χ0v) is 39.4. The standard InChI is InChI=1S/C51H101NO8/c1-3-5-7-9-11-13-15-17-18-19-20-21-22-23-24-25-26-27-29-31-33-35-37-39-47(55)52-43(40-41-45-49(57)51(59)50(58)46(42-53)60-45)48(56)44(54)38-36-34-32-30-28-16-14-12-10-8-6-4-2/h43-46,48-51,53-54,56-59H,3-42H2,1-2H3,(H,52,55)/t43-,44+,45-,46-,48+,49+,50+,51-/m1/s1. The zero-order valence-electron chi connectivity index (χ0n) is 39.4. The molecule has 9 nitrogen and oxygen atoms in total. The van der Waals surface area contributed by atoms with E-state index in [0.717, 1.165) is 38.5 Å². The summed E-state index contributed by atoms with van der Waals surface area (Å²) >= 11 is 0. The minimum atomic E-state index is -1.48. The second-order valence-electron chi connectivity index (χ2n) is 18.9. The summed E-state index contributed by atoms with van der Waals surface area (Å²) in [5.41, 5.74) is 0. The Hall–Kier alpha value is -0.810. The number of ether oxygens (including phenoxy) is 1. The van der Waals surface area contributed by atoms with Crippen LogP contribution in [0.5, 0.6) is 0 Å². The highest BCUT2D eigenvalue weighted by atomic mass is 16.5. The molecular formula is C51H101NO8. The molecule has 0 bridgehead atoms. The summed E-state index contributed by atoms with van der Waals surface area (Å²) in [6, 6.07) is -0.762. The van der Waals surface area contributed by atoms with Gasteiger partial charge in [0.2, 0.25) is 5.91 Å². The maximum Gasteiger partial charge on any atom is 0.220 e. The summed E-state index contributed by atoms with van der Waals surface area (Å²) in [4.78, 5) is 13.1. The molecule has 8 atom stereocenters. The molecule has 7 N–H and O–H groups in total. The van der Waals surface area contributed by atoms with Gasteiger partial charge in [0, 0.05) is 6.42 Å². The fourth-order valence-corrected chi connectivity index (χ4v) is 9.07. The zero-order chi connectivity index (χ0) is 43.9. The van der Waals surface area contributed by atoms with Crippen LogP contribution in [0.3, 0.4) is 0 Å². The fraction of sp³-hybridized carbons (Fsp3) is 0.980. The summed E-state index contributed by atoms with van der Waals surface area (Å²) in [5.74, 6) is -0.172. The predicted molar refractivity (Wildman–Crippen MR) is 249 cm³/mol. The van der Waals surface area contributed by atoms with E-state index in [2.05, 4.69) is 19.2 Å². The molecule has 1 fully saturated rings. The third-order valence-corrected chi connectivity index (χ3v) is 13.3. The Morgan fingerprint density at radius 3 is 1.17 bits per heavy atom. The lowest BCUT2D eigenvalue weighted by Crippen LogP contribution is -2.59. The molecule has 0 unspecified atom stereocenters. The van der Waals surface area contributed by atoms with Gasteiger partial charge in [0.05, 0.1) is 31.0 Å². The van der Waals surface area contributed by atoms with Gasteiger partial charge >= 0.3 is 0 Å². The third-order valence-electron chi connectivity index (χ3n) is 13.3. The Morgan fingerprint density at radius 1 is 0.467 bits per heavy atom. The highest BCUT2D eigenvalue weighted by Crippen LogP contribution is 2.26. The highest BCUT2D eigenvalue weighted by molar-refractivity contribution is 5.76. The Labute approximate surface area is 370 Å². The Bertz CT molecular complexity index is 924. The van der Waals surface area contributed by atoms with Crippen molar-refractivity contribution in [1.82, 2.24) is 5.32 Å². The van der Waals surface area contributed by atoms with Crippen molar-refractivity contribution in [2.75, 3.05) is 6.61 Å². The molecule has 0 radical (unpaired) electrons. The first-order valence-electron chi connectivity index (χ1n) is 26.2. The molecule has 60 heavy (non-hydrogen) atoms. The lowest BCUT2D eigenvalue weighted by molar-refractivity contribution is -0.231. The van der Waals surface area contributed by atoms with Crippen molar-refractivity contribution >= 4 is 5.91 Å². The largest absolute Gasteiger partial charge is 0.394 e. The van der Waals surface area contributed by atoms with E-state index < -0.39 is 55.4 Å². The number of nitrogens with one attached hydrogen (secondary N) is 1. The highest BCUT2D eigenvalue weighted by Gasteiger charge is 2.43. The van der Waals surface area contributed by atoms with Crippen LogP contribution in [0.1, 0.15) is 264 Å². The average Bonchev–Trinajstić information content (AvgIpc) is 3.25. The van der Waals surface area contributed by atoms with Crippen LogP contribution in [0.15, 0.2) is 0 Å². The Kier molecular flexibility index (Phi) is 39.0. The molecule has 1 heterocycles. The van der Waals surface area contributed by atoms with Gasteiger partial charge in [-0.2, -0.15) is 0 Å². The molecule has 1 aliphatic heterocycles. The number of hydrogen-bond donors (Lipinski definition) is 7. The quantitative estimate of drug-likeness (QED) is 0.0298. The van der Waals surface area contributed by atoms with E-state index >= 15 is 0 Å². The van der Waals surface area contributed by atoms with E-state index in [1.54, 1.807) is 0 Å². The van der Waals surface area contributed by atoms with E-state index in [-0.39, 0.29) is 18.7 Å². The number of hydrogen-bond acceptors (Lipinski definition) is 8. The van der Waals surface area contributed by atoms with Gasteiger partial charge in [-0.05, 0) is 25.7 Å². The molecule has 0 aliphatic carbocycles. The van der Waals surface area contributed by atoms with Gasteiger partial charge in [-0.3, -0.25) is 4.79 Å². The third kappa shape index (κ3) is 30.3. The first kappa shape index (κ1) is 57.2. The van der Waals surface area contributed by atoms with Crippen molar-refractivity contribution in [3.8, 4) is 0 Å². The summed E-state index contributed by atoms with van der Waals surface area (Å²) in [6.07, 6.45) is 37.6. The summed E-state index contributed by atoms with van der Waals surface area (Å²) in [5, 5.41) is 65.8. The van der Waals surface area contributed by atoms with E-state index in [4.69, 9.17) is 4.74 Å². The number of aliphatic hydroxyl groups is 6. The van der Waals surface area contributed by atoms with Crippen molar-refractivity contribution in [2.45, 2.75) is 313 Å². The van der Waals surface area contributed by atoms with Crippen molar-refractivity contribution in [1.29, 1.82) is 0 Å². The minimum Gasteiger partial charge on any atom is -0.394 e. The van der Waals surface area contributed by atoms with Crippen LogP contribution < -0.4 is 5.32 Å². The smallest absolute Gasteiger partial charge is 0.220 e. The van der Waals surface area contributed by atoms with Gasteiger partial charge in [0.1, 0.15) is 24.4 Å². The van der Waals surface area contributed by atoms with Gasteiger partial charge in [0.15, 0.2) is 0 Å². The number of unbranched alkanes of at least 4 members (excludes halogenated alkanes) is 33.